The first kappa shape index (κ1) is 17.5. The molecule has 21 heavy (non-hydrogen) atoms. The van der Waals surface area contributed by atoms with Crippen molar-refractivity contribution in [3.8, 4) is 5.75 Å². The van der Waals surface area contributed by atoms with Crippen LogP contribution in [0.5, 0.6) is 5.75 Å². The molecule has 0 saturated carbocycles. The third kappa shape index (κ3) is 6.14. The van der Waals surface area contributed by atoms with E-state index in [-0.39, 0.29) is 17.9 Å². The first-order chi connectivity index (χ1) is 9.93. The van der Waals surface area contributed by atoms with Gasteiger partial charge in [-0.3, -0.25) is 4.79 Å². The quantitative estimate of drug-likeness (QED) is 0.722. The molecule has 3 N–H and O–H groups in total. The highest BCUT2D eigenvalue weighted by Gasteiger charge is 2.14. The molecule has 1 aromatic carbocycles. The molecule has 0 radical (unpaired) electrons. The number of carbonyl (C=O) groups is 1. The zero-order chi connectivity index (χ0) is 15.8. The number of aryl methyl sites for hydroxylation is 1. The van der Waals surface area contributed by atoms with Gasteiger partial charge >= 0.3 is 0 Å². The predicted molar refractivity (Wildman–Crippen MR) is 84.6 cm³/mol. The summed E-state index contributed by atoms with van der Waals surface area (Å²) in [5.41, 5.74) is 7.66. The highest BCUT2D eigenvalue weighted by Crippen LogP contribution is 2.26. The summed E-state index contributed by atoms with van der Waals surface area (Å²) < 4.78 is 10.6. The Labute approximate surface area is 126 Å². The Morgan fingerprint density at radius 2 is 2.05 bits per heavy atom. The van der Waals surface area contributed by atoms with Crippen molar-refractivity contribution >= 4 is 11.6 Å². The Hall–Kier alpha value is -1.59. The van der Waals surface area contributed by atoms with Gasteiger partial charge < -0.3 is 20.5 Å². The van der Waals surface area contributed by atoms with Crippen LogP contribution in [-0.4, -0.2) is 32.3 Å². The summed E-state index contributed by atoms with van der Waals surface area (Å²) in [5, 5.41) is 2.87. The largest absolute Gasteiger partial charge is 0.489 e. The first-order valence-corrected chi connectivity index (χ1v) is 7.22. The summed E-state index contributed by atoms with van der Waals surface area (Å²) in [5.74, 6) is 0.821. The Bertz CT molecular complexity index is 461. The van der Waals surface area contributed by atoms with Gasteiger partial charge in [0.05, 0.1) is 12.3 Å². The van der Waals surface area contributed by atoms with Crippen LogP contribution in [0.3, 0.4) is 0 Å². The zero-order valence-electron chi connectivity index (χ0n) is 13.3. The Balaban J connectivity index is 2.70. The maximum Gasteiger partial charge on any atom is 0.226 e. The molecule has 1 unspecified atom stereocenters. The zero-order valence-corrected chi connectivity index (χ0v) is 13.3. The summed E-state index contributed by atoms with van der Waals surface area (Å²) in [6, 6.07) is 5.53. The van der Waals surface area contributed by atoms with Gasteiger partial charge in [-0.05, 0) is 30.5 Å². The highest BCUT2D eigenvalue weighted by molar-refractivity contribution is 5.92. The number of amides is 1. The highest BCUT2D eigenvalue weighted by atomic mass is 16.5. The van der Waals surface area contributed by atoms with E-state index in [9.17, 15) is 4.79 Å². The van der Waals surface area contributed by atoms with Gasteiger partial charge in [-0.15, -0.1) is 0 Å². The molecule has 0 aromatic heterocycles. The lowest BCUT2D eigenvalue weighted by molar-refractivity contribution is -0.116. The Morgan fingerprint density at radius 1 is 1.33 bits per heavy atom. The number of carbonyl (C=O) groups excluding carboxylic acids is 1. The van der Waals surface area contributed by atoms with Crippen LogP contribution in [0.2, 0.25) is 0 Å². The van der Waals surface area contributed by atoms with E-state index in [4.69, 9.17) is 15.2 Å². The van der Waals surface area contributed by atoms with E-state index in [0.29, 0.717) is 31.1 Å². The van der Waals surface area contributed by atoms with Crippen molar-refractivity contribution in [2.45, 2.75) is 33.2 Å². The molecule has 0 spiro atoms. The fourth-order valence-corrected chi connectivity index (χ4v) is 1.74. The minimum atomic E-state index is -0.145. The summed E-state index contributed by atoms with van der Waals surface area (Å²) in [6.07, 6.45) is 0.295. The summed E-state index contributed by atoms with van der Waals surface area (Å²) in [4.78, 5) is 12.0. The molecule has 0 aliphatic rings. The van der Waals surface area contributed by atoms with Crippen molar-refractivity contribution < 1.29 is 14.3 Å². The second kappa shape index (κ2) is 8.64. The molecule has 0 saturated heterocycles. The maximum absolute atomic E-state index is 12.0. The van der Waals surface area contributed by atoms with E-state index in [1.165, 1.54) is 0 Å². The summed E-state index contributed by atoms with van der Waals surface area (Å²) in [7, 11) is 1.62. The van der Waals surface area contributed by atoms with Crippen LogP contribution in [0.1, 0.15) is 25.8 Å². The number of benzene rings is 1. The molecule has 0 fully saturated rings. The van der Waals surface area contributed by atoms with Gasteiger partial charge in [-0.1, -0.05) is 19.9 Å². The smallest absolute Gasteiger partial charge is 0.226 e. The SMILES string of the molecule is COCCOc1cc(C)ccc1NC(=O)CC(N)C(C)C. The number of methoxy groups -OCH3 is 1. The van der Waals surface area contributed by atoms with Crippen LogP contribution >= 0.6 is 0 Å². The average Bonchev–Trinajstić information content (AvgIpc) is 2.41. The fraction of sp³-hybridized carbons (Fsp3) is 0.562. The number of rotatable bonds is 8. The molecule has 1 atom stereocenters. The molecule has 0 aliphatic heterocycles. The van der Waals surface area contributed by atoms with E-state index < -0.39 is 0 Å². The van der Waals surface area contributed by atoms with Crippen LogP contribution < -0.4 is 15.8 Å². The van der Waals surface area contributed by atoms with Gasteiger partial charge in [0.1, 0.15) is 12.4 Å². The van der Waals surface area contributed by atoms with E-state index in [0.717, 1.165) is 5.56 Å². The second-order valence-electron chi connectivity index (χ2n) is 5.50. The fourth-order valence-electron chi connectivity index (χ4n) is 1.74. The van der Waals surface area contributed by atoms with Crippen molar-refractivity contribution in [2.75, 3.05) is 25.6 Å². The average molecular weight is 294 g/mol. The molecular weight excluding hydrogens is 268 g/mol. The van der Waals surface area contributed by atoms with Gasteiger partial charge in [0.2, 0.25) is 5.91 Å². The van der Waals surface area contributed by atoms with Crippen molar-refractivity contribution in [2.24, 2.45) is 11.7 Å². The minimum absolute atomic E-state index is 0.100. The summed E-state index contributed by atoms with van der Waals surface area (Å²) in [6.45, 7) is 6.92. The molecule has 0 bridgehead atoms. The van der Waals surface area contributed by atoms with Crippen LogP contribution in [0, 0.1) is 12.8 Å². The van der Waals surface area contributed by atoms with E-state index >= 15 is 0 Å². The molecule has 118 valence electrons. The second-order valence-corrected chi connectivity index (χ2v) is 5.50. The van der Waals surface area contributed by atoms with Crippen molar-refractivity contribution in [3.63, 3.8) is 0 Å². The van der Waals surface area contributed by atoms with Gasteiger partial charge in [0.15, 0.2) is 0 Å². The van der Waals surface area contributed by atoms with Crippen molar-refractivity contribution in [3.05, 3.63) is 23.8 Å². The van der Waals surface area contributed by atoms with Crippen LogP contribution in [0.15, 0.2) is 18.2 Å². The minimum Gasteiger partial charge on any atom is -0.489 e. The van der Waals surface area contributed by atoms with E-state index in [1.54, 1.807) is 7.11 Å². The van der Waals surface area contributed by atoms with Crippen LogP contribution in [-0.2, 0) is 9.53 Å². The van der Waals surface area contributed by atoms with Gasteiger partial charge in [0.25, 0.3) is 0 Å². The van der Waals surface area contributed by atoms with E-state index in [1.807, 2.05) is 39.0 Å². The Morgan fingerprint density at radius 3 is 2.67 bits per heavy atom. The third-order valence-corrected chi connectivity index (χ3v) is 3.23. The standard InChI is InChI=1S/C16H26N2O3/c1-11(2)13(17)10-16(19)18-14-6-5-12(3)9-15(14)21-8-7-20-4/h5-6,9,11,13H,7-8,10,17H2,1-4H3,(H,18,19). The third-order valence-electron chi connectivity index (χ3n) is 3.23. The monoisotopic (exact) mass is 294 g/mol. The molecule has 5 nitrogen and oxygen atoms in total. The van der Waals surface area contributed by atoms with Gasteiger partial charge in [0, 0.05) is 19.6 Å². The molecule has 1 rings (SSSR count). The molecule has 0 heterocycles. The number of anilines is 1. The molecule has 1 aromatic rings. The Kier molecular flexibility index (Phi) is 7.19. The normalized spacial score (nSPS) is 12.3. The molecule has 1 amide bonds. The van der Waals surface area contributed by atoms with Crippen molar-refractivity contribution in [1.29, 1.82) is 0 Å². The van der Waals surface area contributed by atoms with E-state index in [2.05, 4.69) is 5.32 Å². The van der Waals surface area contributed by atoms with Gasteiger partial charge in [-0.25, -0.2) is 0 Å². The number of nitrogens with one attached hydrogen (secondary N) is 1. The topological polar surface area (TPSA) is 73.6 Å². The van der Waals surface area contributed by atoms with Crippen LogP contribution in [0.25, 0.3) is 0 Å². The van der Waals surface area contributed by atoms with Gasteiger partial charge in [-0.2, -0.15) is 0 Å². The number of nitrogens with two attached hydrogens (primary N) is 1. The first-order valence-electron chi connectivity index (χ1n) is 7.22. The number of hydrogen-bond acceptors (Lipinski definition) is 4. The van der Waals surface area contributed by atoms with Crippen molar-refractivity contribution in [1.82, 2.24) is 0 Å². The maximum atomic E-state index is 12.0. The van der Waals surface area contributed by atoms with Crippen LogP contribution in [0.4, 0.5) is 5.69 Å². The lowest BCUT2D eigenvalue weighted by Crippen LogP contribution is -2.31. The summed E-state index contributed by atoms with van der Waals surface area (Å²) >= 11 is 0. The molecular formula is C16H26N2O3. The predicted octanol–water partition coefficient (Wildman–Crippen LogP) is 2.33. The molecule has 5 heteroatoms. The molecule has 0 aliphatic carbocycles. The number of hydrogen-bond donors (Lipinski definition) is 2. The lowest BCUT2D eigenvalue weighted by Gasteiger charge is -2.17. The lowest BCUT2D eigenvalue weighted by atomic mass is 10.0. The number of ether oxygens (including phenoxy) is 2.